The maximum Gasteiger partial charge on any atom is 0.234 e. The molecule has 47 heavy (non-hydrogen) atoms. The van der Waals surface area contributed by atoms with Gasteiger partial charge in [-0.25, -0.2) is 9.97 Å². The fourth-order valence-electron chi connectivity index (χ4n) is 7.65. The maximum atomic E-state index is 4.73. The van der Waals surface area contributed by atoms with Crippen LogP contribution in [0, 0.1) is 0 Å². The molecule has 0 saturated carbocycles. The predicted molar refractivity (Wildman–Crippen MR) is 194 cm³/mol. The minimum Gasteiger partial charge on any atom is -0.291 e. The van der Waals surface area contributed by atoms with Crippen LogP contribution in [-0.4, -0.2) is 14.4 Å². The fourth-order valence-corrected chi connectivity index (χ4v) is 7.65. The molecule has 10 rings (SSSR count). The van der Waals surface area contributed by atoms with Crippen molar-refractivity contribution in [3.8, 4) is 66.9 Å². The summed E-state index contributed by atoms with van der Waals surface area (Å²) < 4.78 is 1.96. The molecule has 3 nitrogen and oxygen atoms in total. The van der Waals surface area contributed by atoms with Crippen molar-refractivity contribution in [2.75, 3.05) is 0 Å². The Kier molecular flexibility index (Phi) is 5.57. The van der Waals surface area contributed by atoms with E-state index in [9.17, 15) is 0 Å². The zero-order valence-electron chi connectivity index (χ0n) is 25.4. The molecule has 7 aromatic carbocycles. The lowest BCUT2D eigenvalue weighted by atomic mass is 9.82. The van der Waals surface area contributed by atoms with Gasteiger partial charge in [-0.05, 0) is 83.2 Å². The zero-order chi connectivity index (χ0) is 30.9. The number of hydrogen-bond acceptors (Lipinski definition) is 2. The topological polar surface area (TPSA) is 30.2 Å². The van der Waals surface area contributed by atoms with Gasteiger partial charge < -0.3 is 0 Å². The Morgan fingerprint density at radius 2 is 0.979 bits per heavy atom. The van der Waals surface area contributed by atoms with Crippen molar-refractivity contribution in [1.82, 2.24) is 14.4 Å². The van der Waals surface area contributed by atoms with E-state index in [0.29, 0.717) is 5.78 Å². The summed E-state index contributed by atoms with van der Waals surface area (Å²) >= 11 is 0. The number of imidazole rings is 1. The summed E-state index contributed by atoms with van der Waals surface area (Å²) in [6.45, 7) is 0. The summed E-state index contributed by atoms with van der Waals surface area (Å²) in [5.74, 6) is 0.705. The molecule has 0 saturated heterocycles. The summed E-state index contributed by atoms with van der Waals surface area (Å²) in [5.41, 5.74) is 14.7. The Labute approximate surface area is 272 Å². The molecule has 0 amide bonds. The van der Waals surface area contributed by atoms with E-state index in [-0.39, 0.29) is 0 Å². The third-order valence-electron chi connectivity index (χ3n) is 9.65. The first-order valence-electron chi connectivity index (χ1n) is 16.0. The molecule has 0 N–H and O–H groups in total. The van der Waals surface area contributed by atoms with E-state index >= 15 is 0 Å². The Balaban J connectivity index is 1.23. The number of hydrogen-bond donors (Lipinski definition) is 0. The summed E-state index contributed by atoms with van der Waals surface area (Å²) in [5, 5.41) is 5.14. The van der Waals surface area contributed by atoms with E-state index in [0.717, 1.165) is 11.3 Å². The number of aromatic nitrogens is 3. The van der Waals surface area contributed by atoms with Crippen molar-refractivity contribution in [3.63, 3.8) is 0 Å². The van der Waals surface area contributed by atoms with Crippen LogP contribution in [0.3, 0.4) is 0 Å². The van der Waals surface area contributed by atoms with Gasteiger partial charge in [-0.2, -0.15) is 0 Å². The Hall–Kier alpha value is -6.32. The van der Waals surface area contributed by atoms with Crippen LogP contribution in [0.25, 0.3) is 94.2 Å². The van der Waals surface area contributed by atoms with E-state index < -0.39 is 0 Å². The normalized spacial score (nSPS) is 11.8. The maximum absolute atomic E-state index is 4.73. The van der Waals surface area contributed by atoms with Gasteiger partial charge in [-0.1, -0.05) is 140 Å². The van der Waals surface area contributed by atoms with Gasteiger partial charge in [0, 0.05) is 24.2 Å². The molecule has 0 bridgehead atoms. The molecule has 218 valence electrons. The molecule has 3 heteroatoms. The van der Waals surface area contributed by atoms with Crippen molar-refractivity contribution in [2.24, 2.45) is 0 Å². The molecular weight excluding hydrogens is 571 g/mol. The fraction of sp³-hybridized carbons (Fsp3) is 0. The molecule has 0 spiro atoms. The van der Waals surface area contributed by atoms with Crippen LogP contribution in [0.2, 0.25) is 0 Å². The van der Waals surface area contributed by atoms with Gasteiger partial charge in [-0.15, -0.1) is 0 Å². The van der Waals surface area contributed by atoms with Gasteiger partial charge in [0.25, 0.3) is 0 Å². The minimum atomic E-state index is 0.705. The second-order valence-electron chi connectivity index (χ2n) is 12.2. The molecule has 1 aliphatic carbocycles. The number of fused-ring (bicyclic) bond motifs is 5. The van der Waals surface area contributed by atoms with Crippen LogP contribution in [0.1, 0.15) is 0 Å². The van der Waals surface area contributed by atoms with Crippen molar-refractivity contribution in [3.05, 3.63) is 164 Å². The lowest BCUT2D eigenvalue weighted by molar-refractivity contribution is 1.11. The molecule has 0 aliphatic heterocycles. The Morgan fingerprint density at radius 3 is 1.64 bits per heavy atom. The van der Waals surface area contributed by atoms with Crippen LogP contribution in [-0.2, 0) is 0 Å². The van der Waals surface area contributed by atoms with Crippen molar-refractivity contribution in [1.29, 1.82) is 0 Å². The SMILES string of the molecule is c1ccc(-c2c3c(c(-c4ccccc4)c4ccccc24)-c2ccc(-c4ccc(-c5cn6cccnc6n5)cc4)c4cccc-3c24)cc1. The van der Waals surface area contributed by atoms with Crippen LogP contribution >= 0.6 is 0 Å². The van der Waals surface area contributed by atoms with Gasteiger partial charge in [0.2, 0.25) is 5.78 Å². The highest BCUT2D eigenvalue weighted by Crippen LogP contribution is 2.58. The van der Waals surface area contributed by atoms with E-state index in [1.807, 2.05) is 22.9 Å². The highest BCUT2D eigenvalue weighted by molar-refractivity contribution is 6.28. The van der Waals surface area contributed by atoms with E-state index in [1.54, 1.807) is 6.20 Å². The molecular formula is C44H27N3. The highest BCUT2D eigenvalue weighted by atomic mass is 15.1. The molecule has 0 radical (unpaired) electrons. The molecule has 0 atom stereocenters. The average Bonchev–Trinajstić information content (AvgIpc) is 3.72. The smallest absolute Gasteiger partial charge is 0.234 e. The summed E-state index contributed by atoms with van der Waals surface area (Å²) in [6.07, 6.45) is 5.79. The molecule has 2 heterocycles. The van der Waals surface area contributed by atoms with Gasteiger partial charge in [0.15, 0.2) is 0 Å². The quantitative estimate of drug-likeness (QED) is 0.202. The van der Waals surface area contributed by atoms with E-state index in [1.165, 1.54) is 77.2 Å². The third-order valence-corrected chi connectivity index (χ3v) is 9.65. The molecule has 9 aromatic rings. The summed E-state index contributed by atoms with van der Waals surface area (Å²) in [6, 6.07) is 52.9. The van der Waals surface area contributed by atoms with Crippen LogP contribution in [0.4, 0.5) is 0 Å². The Bertz CT molecular complexity index is 2530. The third kappa shape index (κ3) is 3.87. The average molecular weight is 598 g/mol. The second kappa shape index (κ2) is 10.1. The number of nitrogens with zero attached hydrogens (tertiary/aromatic N) is 3. The standard InChI is InChI=1S/C44H27N3/c1-3-11-30(12-4-1)39-34-15-7-8-16-35(34)40(31-13-5-2-6-14-31)43-37-24-23-32(33-17-9-18-36(41(33)37)42(39)43)28-19-21-29(22-20-28)38-27-47-26-10-25-45-44(47)46-38/h1-27H. The predicted octanol–water partition coefficient (Wildman–Crippen LogP) is 11.4. The Morgan fingerprint density at radius 1 is 0.404 bits per heavy atom. The van der Waals surface area contributed by atoms with Gasteiger partial charge in [-0.3, -0.25) is 4.40 Å². The van der Waals surface area contributed by atoms with E-state index in [4.69, 9.17) is 4.98 Å². The zero-order valence-corrected chi connectivity index (χ0v) is 25.4. The van der Waals surface area contributed by atoms with Crippen LogP contribution in [0.5, 0.6) is 0 Å². The van der Waals surface area contributed by atoms with E-state index in [2.05, 4.69) is 145 Å². The van der Waals surface area contributed by atoms with Crippen LogP contribution < -0.4 is 0 Å². The van der Waals surface area contributed by atoms with Gasteiger partial charge in [0.1, 0.15) is 0 Å². The molecule has 0 fully saturated rings. The minimum absolute atomic E-state index is 0.705. The lowest BCUT2D eigenvalue weighted by Gasteiger charge is -2.20. The van der Waals surface area contributed by atoms with Gasteiger partial charge in [0.05, 0.1) is 5.69 Å². The molecule has 1 aliphatic rings. The first-order chi connectivity index (χ1) is 23.3. The number of rotatable bonds is 4. The lowest BCUT2D eigenvalue weighted by Crippen LogP contribution is -1.93. The monoisotopic (exact) mass is 597 g/mol. The van der Waals surface area contributed by atoms with Gasteiger partial charge >= 0.3 is 0 Å². The molecule has 2 aromatic heterocycles. The van der Waals surface area contributed by atoms with Crippen molar-refractivity contribution < 1.29 is 0 Å². The van der Waals surface area contributed by atoms with Crippen molar-refractivity contribution in [2.45, 2.75) is 0 Å². The highest BCUT2D eigenvalue weighted by Gasteiger charge is 2.31. The largest absolute Gasteiger partial charge is 0.291 e. The van der Waals surface area contributed by atoms with Crippen LogP contribution in [0.15, 0.2) is 164 Å². The van der Waals surface area contributed by atoms with Crippen molar-refractivity contribution >= 4 is 27.3 Å². The number of benzene rings is 7. The summed E-state index contributed by atoms with van der Waals surface area (Å²) in [4.78, 5) is 9.12. The first kappa shape index (κ1) is 26.0. The first-order valence-corrected chi connectivity index (χ1v) is 16.0. The second-order valence-corrected chi connectivity index (χ2v) is 12.2. The summed E-state index contributed by atoms with van der Waals surface area (Å²) in [7, 11) is 0. The molecule has 0 unspecified atom stereocenters.